The molecule has 2 atom stereocenters. The Hall–Kier alpha value is -1.60. The highest BCUT2D eigenvalue weighted by Gasteiger charge is 2.17. The van der Waals surface area contributed by atoms with Crippen molar-refractivity contribution in [1.82, 2.24) is 20.2 Å². The Bertz CT molecular complexity index is 509. The van der Waals surface area contributed by atoms with E-state index in [9.17, 15) is 0 Å². The zero-order valence-corrected chi connectivity index (χ0v) is 15.3. The van der Waals surface area contributed by atoms with Crippen molar-refractivity contribution in [2.45, 2.75) is 52.4 Å². The number of ether oxygens (including phenoxy) is 2. The third-order valence-corrected chi connectivity index (χ3v) is 3.85. The molecule has 2 N–H and O–H groups in total. The first-order valence-electron chi connectivity index (χ1n) is 8.75. The van der Waals surface area contributed by atoms with Gasteiger partial charge in [-0.05, 0) is 19.3 Å². The fourth-order valence-corrected chi connectivity index (χ4v) is 2.62. The van der Waals surface area contributed by atoms with E-state index in [0.717, 1.165) is 31.4 Å². The molecule has 1 fully saturated rings. The van der Waals surface area contributed by atoms with Crippen LogP contribution in [0, 0.1) is 5.92 Å². The fraction of sp³-hybridized carbons (Fsp3) is 0.765. The molecule has 0 spiro atoms. The molecule has 0 aliphatic carbocycles. The minimum Gasteiger partial charge on any atom is -0.379 e. The Balaban J connectivity index is 1.74. The summed E-state index contributed by atoms with van der Waals surface area (Å²) in [5.74, 6) is 2.36. The minimum absolute atomic E-state index is 0.173. The predicted molar refractivity (Wildman–Crippen MR) is 95.0 cm³/mol. The van der Waals surface area contributed by atoms with Crippen molar-refractivity contribution in [1.29, 1.82) is 0 Å². The lowest BCUT2D eigenvalue weighted by Crippen LogP contribution is -2.44. The van der Waals surface area contributed by atoms with Crippen LogP contribution in [0.2, 0.25) is 0 Å². The van der Waals surface area contributed by atoms with Gasteiger partial charge in [0.1, 0.15) is 5.82 Å². The minimum atomic E-state index is 0.173. The Morgan fingerprint density at radius 2 is 2.33 bits per heavy atom. The standard InChI is InChI=1S/C17H31N5O2/c1-13(2)10-22-7-6-19-16(22)9-20-17(18-4)21-14(3)11-24-15-5-8-23-12-15/h6-7,13-15H,5,8-12H2,1-4H3,(H2,18,20,21). The van der Waals surface area contributed by atoms with Gasteiger partial charge in [-0.15, -0.1) is 0 Å². The van der Waals surface area contributed by atoms with Crippen LogP contribution in [0.15, 0.2) is 17.4 Å². The maximum atomic E-state index is 5.84. The van der Waals surface area contributed by atoms with Gasteiger partial charge in [0.25, 0.3) is 0 Å². The van der Waals surface area contributed by atoms with Crippen LogP contribution in [0.3, 0.4) is 0 Å². The number of nitrogens with one attached hydrogen (secondary N) is 2. The first kappa shape index (κ1) is 18.7. The number of rotatable bonds is 8. The highest BCUT2D eigenvalue weighted by molar-refractivity contribution is 5.79. The third-order valence-electron chi connectivity index (χ3n) is 3.85. The summed E-state index contributed by atoms with van der Waals surface area (Å²) in [6.07, 6.45) is 5.08. The van der Waals surface area contributed by atoms with Gasteiger partial charge >= 0.3 is 0 Å². The van der Waals surface area contributed by atoms with Crippen molar-refractivity contribution < 1.29 is 9.47 Å². The van der Waals surface area contributed by atoms with E-state index in [4.69, 9.17) is 9.47 Å². The summed E-state index contributed by atoms with van der Waals surface area (Å²) in [5.41, 5.74) is 0. The summed E-state index contributed by atoms with van der Waals surface area (Å²) in [6.45, 7) is 10.2. The molecule has 2 unspecified atom stereocenters. The molecular formula is C17H31N5O2. The van der Waals surface area contributed by atoms with Crippen LogP contribution in [0.1, 0.15) is 33.0 Å². The lowest BCUT2D eigenvalue weighted by molar-refractivity contribution is 0.0347. The number of aliphatic imine (C=N–C) groups is 1. The van der Waals surface area contributed by atoms with Gasteiger partial charge in [-0.25, -0.2) is 4.98 Å². The second-order valence-corrected chi connectivity index (χ2v) is 6.68. The van der Waals surface area contributed by atoms with Gasteiger partial charge in [0, 0.05) is 38.6 Å². The molecule has 0 amide bonds. The molecule has 7 heteroatoms. The van der Waals surface area contributed by atoms with E-state index in [-0.39, 0.29) is 12.1 Å². The SMILES string of the molecule is CN=C(NCc1nccn1CC(C)C)NC(C)COC1CCOC1. The quantitative estimate of drug-likeness (QED) is 0.554. The van der Waals surface area contributed by atoms with Crippen LogP contribution >= 0.6 is 0 Å². The van der Waals surface area contributed by atoms with E-state index >= 15 is 0 Å². The molecule has 1 aliphatic rings. The fourth-order valence-electron chi connectivity index (χ4n) is 2.62. The van der Waals surface area contributed by atoms with E-state index < -0.39 is 0 Å². The highest BCUT2D eigenvalue weighted by Crippen LogP contribution is 2.08. The molecule has 1 aromatic rings. The summed E-state index contributed by atoms with van der Waals surface area (Å²) in [6, 6.07) is 0.173. The van der Waals surface area contributed by atoms with Crippen molar-refractivity contribution in [3.63, 3.8) is 0 Å². The zero-order valence-electron chi connectivity index (χ0n) is 15.3. The molecule has 7 nitrogen and oxygen atoms in total. The maximum absolute atomic E-state index is 5.84. The summed E-state index contributed by atoms with van der Waals surface area (Å²) in [4.78, 5) is 8.70. The lowest BCUT2D eigenvalue weighted by atomic mass is 10.2. The van der Waals surface area contributed by atoms with Crippen LogP contribution in [-0.4, -0.2) is 54.5 Å². The first-order chi connectivity index (χ1) is 11.6. The molecule has 136 valence electrons. The summed E-state index contributed by atoms with van der Waals surface area (Å²) in [5, 5.41) is 6.67. The molecule has 2 rings (SSSR count). The molecule has 0 radical (unpaired) electrons. The number of nitrogens with zero attached hydrogens (tertiary/aromatic N) is 3. The van der Waals surface area contributed by atoms with Gasteiger partial charge in [-0.2, -0.15) is 0 Å². The van der Waals surface area contributed by atoms with Gasteiger partial charge in [-0.3, -0.25) is 4.99 Å². The van der Waals surface area contributed by atoms with Crippen LogP contribution in [0.25, 0.3) is 0 Å². The van der Waals surface area contributed by atoms with Gasteiger partial charge in [0.05, 0.1) is 25.9 Å². The maximum Gasteiger partial charge on any atom is 0.191 e. The lowest BCUT2D eigenvalue weighted by Gasteiger charge is -2.20. The normalized spacial score (nSPS) is 19.7. The highest BCUT2D eigenvalue weighted by atomic mass is 16.5. The van der Waals surface area contributed by atoms with E-state index in [1.54, 1.807) is 7.05 Å². The Morgan fingerprint density at radius 1 is 1.50 bits per heavy atom. The van der Waals surface area contributed by atoms with Crippen LogP contribution in [0.5, 0.6) is 0 Å². The summed E-state index contributed by atoms with van der Waals surface area (Å²) in [7, 11) is 1.77. The molecule has 1 aliphatic heterocycles. The van der Waals surface area contributed by atoms with Crippen LogP contribution in [0.4, 0.5) is 0 Å². The number of imidazole rings is 1. The monoisotopic (exact) mass is 337 g/mol. The molecular weight excluding hydrogens is 306 g/mol. The zero-order chi connectivity index (χ0) is 17.4. The van der Waals surface area contributed by atoms with Crippen LogP contribution < -0.4 is 10.6 Å². The number of hydrogen-bond donors (Lipinski definition) is 2. The number of aromatic nitrogens is 2. The van der Waals surface area contributed by atoms with E-state index in [2.05, 4.69) is 45.9 Å². The number of guanidine groups is 1. The molecule has 2 heterocycles. The Morgan fingerprint density at radius 3 is 3.00 bits per heavy atom. The average Bonchev–Trinajstić information content (AvgIpc) is 3.20. The number of hydrogen-bond acceptors (Lipinski definition) is 4. The van der Waals surface area contributed by atoms with Gasteiger partial charge in [-0.1, -0.05) is 13.8 Å². The molecule has 0 aromatic carbocycles. The molecule has 0 bridgehead atoms. The molecule has 1 saturated heterocycles. The molecule has 0 saturated carbocycles. The largest absolute Gasteiger partial charge is 0.379 e. The van der Waals surface area contributed by atoms with Crippen LogP contribution in [-0.2, 0) is 22.6 Å². The first-order valence-corrected chi connectivity index (χ1v) is 8.75. The topological polar surface area (TPSA) is 72.7 Å². The predicted octanol–water partition coefficient (Wildman–Crippen LogP) is 1.40. The van der Waals surface area contributed by atoms with Crippen molar-refractivity contribution in [2.75, 3.05) is 26.9 Å². The third kappa shape index (κ3) is 6.13. The molecule has 24 heavy (non-hydrogen) atoms. The Labute approximate surface area is 144 Å². The van der Waals surface area contributed by atoms with Crippen molar-refractivity contribution in [3.8, 4) is 0 Å². The van der Waals surface area contributed by atoms with Crippen molar-refractivity contribution in [3.05, 3.63) is 18.2 Å². The van der Waals surface area contributed by atoms with E-state index in [0.29, 0.717) is 25.7 Å². The van der Waals surface area contributed by atoms with E-state index in [1.807, 2.05) is 12.4 Å². The van der Waals surface area contributed by atoms with Crippen molar-refractivity contribution in [2.24, 2.45) is 10.9 Å². The smallest absolute Gasteiger partial charge is 0.191 e. The van der Waals surface area contributed by atoms with Gasteiger partial charge in [0.2, 0.25) is 0 Å². The summed E-state index contributed by atoms with van der Waals surface area (Å²) < 4.78 is 13.3. The summed E-state index contributed by atoms with van der Waals surface area (Å²) >= 11 is 0. The second kappa shape index (κ2) is 9.64. The van der Waals surface area contributed by atoms with E-state index in [1.165, 1.54) is 0 Å². The Kier molecular flexibility index (Phi) is 7.52. The van der Waals surface area contributed by atoms with Gasteiger partial charge < -0.3 is 24.7 Å². The second-order valence-electron chi connectivity index (χ2n) is 6.68. The average molecular weight is 337 g/mol. The van der Waals surface area contributed by atoms with Gasteiger partial charge in [0.15, 0.2) is 5.96 Å². The van der Waals surface area contributed by atoms with Crippen molar-refractivity contribution >= 4 is 5.96 Å². The molecule has 1 aromatic heterocycles.